The fourth-order valence-electron chi connectivity index (χ4n) is 1.92. The fraction of sp³-hybridized carbons (Fsp3) is 0.182. The van der Waals surface area contributed by atoms with Crippen molar-refractivity contribution < 1.29 is 0 Å². The third kappa shape index (κ3) is 0.917. The lowest BCUT2D eigenvalue weighted by Gasteiger charge is -2.25. The molecule has 2 heteroatoms. The molecule has 2 atom stereocenters. The van der Waals surface area contributed by atoms with Crippen molar-refractivity contribution in [2.75, 3.05) is 0 Å². The molecule has 0 radical (unpaired) electrons. The van der Waals surface area contributed by atoms with Gasteiger partial charge in [0.15, 0.2) is 0 Å². The van der Waals surface area contributed by atoms with Crippen LogP contribution in [0, 0.1) is 0 Å². The van der Waals surface area contributed by atoms with Crippen molar-refractivity contribution in [3.8, 4) is 0 Å². The van der Waals surface area contributed by atoms with Gasteiger partial charge in [-0.25, -0.2) is 0 Å². The van der Waals surface area contributed by atoms with Crippen LogP contribution in [0.1, 0.15) is 0 Å². The van der Waals surface area contributed by atoms with E-state index in [2.05, 4.69) is 46.5 Å². The average molecular weight is 170 g/mol. The Morgan fingerprint density at radius 2 is 2.00 bits per heavy atom. The van der Waals surface area contributed by atoms with E-state index < -0.39 is 0 Å². The Bertz CT molecular complexity index is 372. The summed E-state index contributed by atoms with van der Waals surface area (Å²) in [7, 11) is 0. The van der Waals surface area contributed by atoms with Crippen molar-refractivity contribution in [3.63, 3.8) is 0 Å². The van der Waals surface area contributed by atoms with Crippen LogP contribution >= 0.6 is 0 Å². The van der Waals surface area contributed by atoms with Gasteiger partial charge in [0.05, 0.1) is 12.1 Å². The Morgan fingerprint density at radius 3 is 3.00 bits per heavy atom. The van der Waals surface area contributed by atoms with Crippen LogP contribution in [0.2, 0.25) is 0 Å². The Kier molecular flexibility index (Phi) is 1.30. The van der Waals surface area contributed by atoms with Crippen molar-refractivity contribution >= 4 is 5.84 Å². The molecule has 0 amide bonds. The number of rotatable bonds is 0. The largest absolute Gasteiger partial charge is 0.324 e. The van der Waals surface area contributed by atoms with E-state index in [1.165, 1.54) is 0 Å². The number of allylic oxidation sites excluding steroid dienone is 4. The summed E-state index contributed by atoms with van der Waals surface area (Å²) in [6, 6.07) is 0.716. The van der Waals surface area contributed by atoms with Crippen LogP contribution in [0.4, 0.5) is 0 Å². The van der Waals surface area contributed by atoms with Gasteiger partial charge >= 0.3 is 0 Å². The Balaban J connectivity index is 2.03. The summed E-state index contributed by atoms with van der Waals surface area (Å²) in [5.74, 6) is 1.08. The highest BCUT2D eigenvalue weighted by Crippen LogP contribution is 2.25. The summed E-state index contributed by atoms with van der Waals surface area (Å²) in [5.41, 5.74) is 0. The molecule has 0 bridgehead atoms. The van der Waals surface area contributed by atoms with Crippen molar-refractivity contribution in [3.05, 3.63) is 48.7 Å². The molecule has 0 spiro atoms. The molecule has 0 N–H and O–H groups in total. The van der Waals surface area contributed by atoms with E-state index in [1.54, 1.807) is 0 Å². The van der Waals surface area contributed by atoms with Crippen LogP contribution in [-0.4, -0.2) is 22.8 Å². The van der Waals surface area contributed by atoms with E-state index in [9.17, 15) is 0 Å². The zero-order chi connectivity index (χ0) is 8.67. The zero-order valence-corrected chi connectivity index (χ0v) is 7.17. The number of hydrogen-bond acceptors (Lipinski definition) is 2. The molecule has 0 saturated carbocycles. The molecule has 0 fully saturated rings. The second-order valence-electron chi connectivity index (χ2n) is 3.35. The van der Waals surface area contributed by atoms with Crippen LogP contribution in [0.3, 0.4) is 0 Å². The van der Waals surface area contributed by atoms with E-state index in [4.69, 9.17) is 0 Å². The fourth-order valence-corrected chi connectivity index (χ4v) is 1.92. The van der Waals surface area contributed by atoms with Gasteiger partial charge in [-0.2, -0.15) is 0 Å². The standard InChI is InChI=1S/C11H10N2/c1-2-6-10-9(5-1)12-11-7-3-4-8-13(10)11/h1-10H. The third-order valence-corrected chi connectivity index (χ3v) is 2.55. The molecule has 64 valence electrons. The van der Waals surface area contributed by atoms with Crippen molar-refractivity contribution in [2.24, 2.45) is 4.99 Å². The van der Waals surface area contributed by atoms with Gasteiger partial charge in [-0.15, -0.1) is 0 Å². The van der Waals surface area contributed by atoms with Crippen LogP contribution in [0.25, 0.3) is 0 Å². The summed E-state index contributed by atoms with van der Waals surface area (Å²) in [4.78, 5) is 6.81. The minimum Gasteiger partial charge on any atom is -0.324 e. The van der Waals surface area contributed by atoms with Crippen LogP contribution in [0.5, 0.6) is 0 Å². The Morgan fingerprint density at radius 1 is 1.08 bits per heavy atom. The van der Waals surface area contributed by atoms with E-state index in [0.29, 0.717) is 12.1 Å². The topological polar surface area (TPSA) is 15.6 Å². The van der Waals surface area contributed by atoms with E-state index in [-0.39, 0.29) is 0 Å². The first-order valence-electron chi connectivity index (χ1n) is 4.51. The highest BCUT2D eigenvalue weighted by atomic mass is 15.3. The number of fused-ring (bicyclic) bond motifs is 3. The number of hydrogen-bond donors (Lipinski definition) is 0. The molecule has 3 rings (SSSR count). The summed E-state index contributed by atoms with van der Waals surface area (Å²) in [6.45, 7) is 0. The monoisotopic (exact) mass is 170 g/mol. The smallest absolute Gasteiger partial charge is 0.128 e. The summed E-state index contributed by atoms with van der Waals surface area (Å²) < 4.78 is 0. The molecule has 2 unspecified atom stereocenters. The van der Waals surface area contributed by atoms with Crippen LogP contribution < -0.4 is 0 Å². The summed E-state index contributed by atoms with van der Waals surface area (Å²) in [5, 5.41) is 0. The SMILES string of the molecule is C1=CC2=NC3C=CC=CC3N2C=C1. The van der Waals surface area contributed by atoms with Crippen LogP contribution in [-0.2, 0) is 0 Å². The molecule has 0 aromatic carbocycles. The van der Waals surface area contributed by atoms with Crippen LogP contribution in [0.15, 0.2) is 53.7 Å². The molecule has 0 aromatic heterocycles. The first kappa shape index (κ1) is 6.89. The quantitative estimate of drug-likeness (QED) is 0.539. The van der Waals surface area contributed by atoms with Gasteiger partial charge in [0.2, 0.25) is 0 Å². The van der Waals surface area contributed by atoms with Crippen molar-refractivity contribution in [2.45, 2.75) is 12.1 Å². The van der Waals surface area contributed by atoms with Gasteiger partial charge in [0.1, 0.15) is 5.84 Å². The minimum atomic E-state index is 0.312. The van der Waals surface area contributed by atoms with E-state index in [1.807, 2.05) is 12.2 Å². The van der Waals surface area contributed by atoms with Gasteiger partial charge < -0.3 is 4.90 Å². The molecule has 2 nitrogen and oxygen atoms in total. The van der Waals surface area contributed by atoms with Gasteiger partial charge in [0.25, 0.3) is 0 Å². The maximum atomic E-state index is 4.60. The van der Waals surface area contributed by atoms with Gasteiger partial charge in [-0.05, 0) is 12.2 Å². The lowest BCUT2D eigenvalue weighted by molar-refractivity contribution is 0.476. The molecule has 1 aliphatic carbocycles. The van der Waals surface area contributed by atoms with E-state index >= 15 is 0 Å². The van der Waals surface area contributed by atoms with Crippen molar-refractivity contribution in [1.29, 1.82) is 0 Å². The first-order valence-corrected chi connectivity index (χ1v) is 4.51. The average Bonchev–Trinajstić information content (AvgIpc) is 2.56. The maximum Gasteiger partial charge on any atom is 0.128 e. The second-order valence-corrected chi connectivity index (χ2v) is 3.35. The maximum absolute atomic E-state index is 4.60. The predicted octanol–water partition coefficient (Wildman–Crippen LogP) is 1.65. The molecule has 2 heterocycles. The normalized spacial score (nSPS) is 33.2. The second kappa shape index (κ2) is 2.46. The summed E-state index contributed by atoms with van der Waals surface area (Å²) in [6.07, 6.45) is 16.7. The minimum absolute atomic E-state index is 0.312. The lowest BCUT2D eigenvalue weighted by atomic mass is 10.0. The number of aliphatic imine (C=N–C) groups is 1. The number of amidine groups is 1. The Hall–Kier alpha value is -1.57. The third-order valence-electron chi connectivity index (χ3n) is 2.55. The molecular weight excluding hydrogens is 160 g/mol. The zero-order valence-electron chi connectivity index (χ0n) is 7.17. The Labute approximate surface area is 77.3 Å². The number of nitrogens with zero attached hydrogens (tertiary/aromatic N) is 2. The summed E-state index contributed by atoms with van der Waals surface area (Å²) >= 11 is 0. The van der Waals surface area contributed by atoms with Gasteiger partial charge in [0, 0.05) is 6.20 Å². The lowest BCUT2D eigenvalue weighted by Crippen LogP contribution is -2.34. The molecule has 0 saturated heterocycles. The molecule has 0 aromatic rings. The molecule has 13 heavy (non-hydrogen) atoms. The van der Waals surface area contributed by atoms with Gasteiger partial charge in [-0.1, -0.05) is 30.4 Å². The highest BCUT2D eigenvalue weighted by Gasteiger charge is 2.31. The van der Waals surface area contributed by atoms with E-state index in [0.717, 1.165) is 5.84 Å². The van der Waals surface area contributed by atoms with Crippen molar-refractivity contribution in [1.82, 2.24) is 4.90 Å². The predicted molar refractivity (Wildman–Crippen MR) is 53.4 cm³/mol. The molecule has 2 aliphatic heterocycles. The first-order chi connectivity index (χ1) is 6.45. The molecular formula is C11H10N2. The highest BCUT2D eigenvalue weighted by molar-refractivity contribution is 5.97. The molecule has 3 aliphatic rings. The van der Waals surface area contributed by atoms with Gasteiger partial charge in [-0.3, -0.25) is 4.99 Å².